The molecule has 1 N–H and O–H groups in total. The molecular formula is C15H25N3O3. The Labute approximate surface area is 125 Å². The van der Waals surface area contributed by atoms with Gasteiger partial charge in [0.05, 0.1) is 6.54 Å². The summed E-state index contributed by atoms with van der Waals surface area (Å²) in [7, 11) is 0. The summed E-state index contributed by atoms with van der Waals surface area (Å²) in [6.45, 7) is 11.2. The highest BCUT2D eigenvalue weighted by molar-refractivity contribution is 5.74. The molecule has 118 valence electrons. The first-order valence-corrected chi connectivity index (χ1v) is 7.41. The molecule has 0 saturated carbocycles. The predicted molar refractivity (Wildman–Crippen MR) is 77.8 cm³/mol. The first kappa shape index (κ1) is 15.9. The van der Waals surface area contributed by atoms with Crippen molar-refractivity contribution in [2.24, 2.45) is 5.41 Å². The minimum Gasteiger partial charge on any atom is -0.480 e. The number of carboxylic acids is 1. The zero-order valence-electron chi connectivity index (χ0n) is 13.5. The number of hydrogen-bond donors (Lipinski definition) is 1. The van der Waals surface area contributed by atoms with Crippen molar-refractivity contribution < 1.29 is 14.3 Å². The van der Waals surface area contributed by atoms with E-state index >= 15 is 0 Å². The Morgan fingerprint density at radius 1 is 1.43 bits per heavy atom. The van der Waals surface area contributed by atoms with Crippen LogP contribution in [0, 0.1) is 5.41 Å². The van der Waals surface area contributed by atoms with Crippen LogP contribution in [-0.4, -0.2) is 38.8 Å². The second-order valence-corrected chi connectivity index (χ2v) is 7.55. The Morgan fingerprint density at radius 3 is 2.62 bits per heavy atom. The van der Waals surface area contributed by atoms with Crippen LogP contribution in [0.25, 0.3) is 0 Å². The highest BCUT2D eigenvalue weighted by Crippen LogP contribution is 2.36. The van der Waals surface area contributed by atoms with Gasteiger partial charge in [-0.15, -0.1) is 10.2 Å². The van der Waals surface area contributed by atoms with E-state index in [2.05, 4.69) is 10.2 Å². The molecule has 0 amide bonds. The van der Waals surface area contributed by atoms with Crippen LogP contribution in [-0.2, 0) is 16.8 Å². The largest absolute Gasteiger partial charge is 0.480 e. The van der Waals surface area contributed by atoms with Gasteiger partial charge >= 0.3 is 5.97 Å². The van der Waals surface area contributed by atoms with Crippen LogP contribution < -0.4 is 0 Å². The van der Waals surface area contributed by atoms with Crippen LogP contribution >= 0.6 is 0 Å². The highest BCUT2D eigenvalue weighted by Gasteiger charge is 2.42. The fourth-order valence-electron chi connectivity index (χ4n) is 2.95. The van der Waals surface area contributed by atoms with E-state index in [0.29, 0.717) is 18.3 Å². The lowest BCUT2D eigenvalue weighted by atomic mass is 9.76. The number of rotatable bonds is 3. The third-order valence-electron chi connectivity index (χ3n) is 4.05. The molecule has 1 saturated heterocycles. The molecule has 0 radical (unpaired) electrons. The molecule has 1 atom stereocenters. The van der Waals surface area contributed by atoms with Crippen molar-refractivity contribution in [2.75, 3.05) is 6.54 Å². The van der Waals surface area contributed by atoms with Gasteiger partial charge in [0.15, 0.2) is 0 Å². The second-order valence-electron chi connectivity index (χ2n) is 7.55. The molecule has 1 aliphatic rings. The van der Waals surface area contributed by atoms with Gasteiger partial charge in [-0.05, 0) is 24.8 Å². The third kappa shape index (κ3) is 3.43. The predicted octanol–water partition coefficient (Wildman–Crippen LogP) is 2.44. The monoisotopic (exact) mass is 295 g/mol. The molecule has 1 fully saturated rings. The van der Waals surface area contributed by atoms with Crippen LogP contribution in [0.2, 0.25) is 0 Å². The minimum atomic E-state index is -0.782. The number of aliphatic carboxylic acids is 1. The zero-order valence-corrected chi connectivity index (χ0v) is 13.5. The van der Waals surface area contributed by atoms with E-state index in [9.17, 15) is 9.90 Å². The summed E-state index contributed by atoms with van der Waals surface area (Å²) >= 11 is 0. The van der Waals surface area contributed by atoms with Crippen LogP contribution in [0.5, 0.6) is 0 Å². The van der Waals surface area contributed by atoms with Gasteiger partial charge in [0.25, 0.3) is 0 Å². The maximum Gasteiger partial charge on any atom is 0.321 e. The maximum absolute atomic E-state index is 11.6. The van der Waals surface area contributed by atoms with Crippen molar-refractivity contribution in [3.8, 4) is 0 Å². The Hall–Kier alpha value is -1.43. The minimum absolute atomic E-state index is 0.196. The average Bonchev–Trinajstić information content (AvgIpc) is 2.75. The molecule has 0 aromatic carbocycles. The molecule has 1 aliphatic heterocycles. The van der Waals surface area contributed by atoms with E-state index in [4.69, 9.17) is 4.42 Å². The van der Waals surface area contributed by atoms with E-state index < -0.39 is 12.0 Å². The van der Waals surface area contributed by atoms with Crippen molar-refractivity contribution in [1.82, 2.24) is 15.1 Å². The molecule has 0 bridgehead atoms. The number of piperidine rings is 1. The summed E-state index contributed by atoms with van der Waals surface area (Å²) < 4.78 is 5.69. The molecule has 1 unspecified atom stereocenters. The molecule has 2 rings (SSSR count). The van der Waals surface area contributed by atoms with Crippen LogP contribution in [0.15, 0.2) is 4.42 Å². The smallest absolute Gasteiger partial charge is 0.321 e. The summed E-state index contributed by atoms with van der Waals surface area (Å²) in [4.78, 5) is 13.6. The van der Waals surface area contributed by atoms with Gasteiger partial charge in [-0.2, -0.15) is 0 Å². The van der Waals surface area contributed by atoms with E-state index in [1.54, 1.807) is 0 Å². The lowest BCUT2D eigenvalue weighted by molar-refractivity contribution is -0.151. The number of hydrogen-bond acceptors (Lipinski definition) is 5. The van der Waals surface area contributed by atoms with Crippen LogP contribution in [0.1, 0.15) is 59.2 Å². The standard InChI is InChI=1S/C15H25N3O3/c1-14(2,3)13-17-16-10(21-13)9-18-8-6-7-15(4,5)11(18)12(19)20/h11H,6-9H2,1-5H3,(H,19,20). The summed E-state index contributed by atoms with van der Waals surface area (Å²) in [6, 6.07) is -0.517. The van der Waals surface area contributed by atoms with Gasteiger partial charge in [0.1, 0.15) is 6.04 Å². The molecule has 6 nitrogen and oxygen atoms in total. The summed E-state index contributed by atoms with van der Waals surface area (Å²) in [6.07, 6.45) is 1.90. The lowest BCUT2D eigenvalue weighted by Crippen LogP contribution is -2.53. The Balaban J connectivity index is 2.17. The Morgan fingerprint density at radius 2 is 2.10 bits per heavy atom. The number of nitrogens with zero attached hydrogens (tertiary/aromatic N) is 3. The molecule has 1 aromatic heterocycles. The SMILES string of the molecule is CC(C)(C)c1nnc(CN2CCCC(C)(C)C2C(=O)O)o1. The molecule has 6 heteroatoms. The van der Waals surface area contributed by atoms with E-state index in [0.717, 1.165) is 19.4 Å². The van der Waals surface area contributed by atoms with Crippen molar-refractivity contribution in [3.63, 3.8) is 0 Å². The van der Waals surface area contributed by atoms with Crippen molar-refractivity contribution in [3.05, 3.63) is 11.8 Å². The molecule has 1 aromatic rings. The average molecular weight is 295 g/mol. The van der Waals surface area contributed by atoms with Crippen LogP contribution in [0.4, 0.5) is 0 Å². The normalized spacial score (nSPS) is 23.2. The van der Waals surface area contributed by atoms with Gasteiger partial charge in [-0.3, -0.25) is 9.69 Å². The van der Waals surface area contributed by atoms with Gasteiger partial charge in [0.2, 0.25) is 11.8 Å². The van der Waals surface area contributed by atoms with Gasteiger partial charge in [-0.1, -0.05) is 34.6 Å². The Bertz CT molecular complexity index is 516. The van der Waals surface area contributed by atoms with Crippen molar-refractivity contribution >= 4 is 5.97 Å². The quantitative estimate of drug-likeness (QED) is 0.922. The number of carbonyl (C=O) groups is 1. The number of likely N-dealkylation sites (tertiary alicyclic amines) is 1. The second kappa shape index (κ2) is 5.40. The molecule has 0 aliphatic carbocycles. The van der Waals surface area contributed by atoms with E-state index in [1.165, 1.54) is 0 Å². The van der Waals surface area contributed by atoms with Gasteiger partial charge in [-0.25, -0.2) is 0 Å². The number of carboxylic acid groups (broad SMARTS) is 1. The molecule has 2 heterocycles. The Kier molecular flexibility index (Phi) is 4.10. The fraction of sp³-hybridized carbons (Fsp3) is 0.800. The van der Waals surface area contributed by atoms with Crippen molar-refractivity contribution in [1.29, 1.82) is 0 Å². The fourth-order valence-corrected chi connectivity index (χ4v) is 2.95. The first-order valence-electron chi connectivity index (χ1n) is 7.41. The number of aromatic nitrogens is 2. The summed E-state index contributed by atoms with van der Waals surface area (Å²) in [5.74, 6) is 0.291. The molecule has 21 heavy (non-hydrogen) atoms. The third-order valence-corrected chi connectivity index (χ3v) is 4.05. The maximum atomic E-state index is 11.6. The van der Waals surface area contributed by atoms with E-state index in [1.807, 2.05) is 39.5 Å². The van der Waals surface area contributed by atoms with Crippen LogP contribution in [0.3, 0.4) is 0 Å². The lowest BCUT2D eigenvalue weighted by Gasteiger charge is -2.43. The summed E-state index contributed by atoms with van der Waals surface area (Å²) in [5, 5.41) is 17.7. The molecule has 0 spiro atoms. The van der Waals surface area contributed by atoms with E-state index in [-0.39, 0.29) is 10.8 Å². The highest BCUT2D eigenvalue weighted by atomic mass is 16.4. The zero-order chi connectivity index (χ0) is 15.8. The molecular weight excluding hydrogens is 270 g/mol. The van der Waals surface area contributed by atoms with Gasteiger partial charge in [0, 0.05) is 5.41 Å². The summed E-state index contributed by atoms with van der Waals surface area (Å²) in [5.41, 5.74) is -0.449. The van der Waals surface area contributed by atoms with Gasteiger partial charge < -0.3 is 9.52 Å². The van der Waals surface area contributed by atoms with Crippen molar-refractivity contribution in [2.45, 2.75) is 65.5 Å². The topological polar surface area (TPSA) is 79.5 Å². The first-order chi connectivity index (χ1) is 9.61.